The number of carbonyl (C=O) groups excluding carboxylic acids is 1. The van der Waals surface area contributed by atoms with E-state index in [-0.39, 0.29) is 52.7 Å². The molecule has 98 valence electrons. The van der Waals surface area contributed by atoms with E-state index in [9.17, 15) is 23.7 Å². The molecule has 0 aromatic rings. The van der Waals surface area contributed by atoms with Crippen LogP contribution in [-0.2, 0) is 51.6 Å². The van der Waals surface area contributed by atoms with Gasteiger partial charge < -0.3 is 20.9 Å². The van der Waals surface area contributed by atoms with E-state index < -0.39 is 47.7 Å². The van der Waals surface area contributed by atoms with E-state index in [1.165, 1.54) is 0 Å². The molecule has 12 heteroatoms. The fraction of sp³-hybridized carbons (Fsp3) is 0.500. The first-order chi connectivity index (χ1) is 7.17. The summed E-state index contributed by atoms with van der Waals surface area (Å²) < 4.78 is 21.8. The van der Waals surface area contributed by atoms with E-state index in [2.05, 4.69) is 4.18 Å². The van der Waals surface area contributed by atoms with Crippen LogP contribution < -0.4 is 29.6 Å². The molecular weight excluding hydrogens is 319 g/mol. The summed E-state index contributed by atoms with van der Waals surface area (Å²) >= 11 is -2.96. The van der Waals surface area contributed by atoms with Crippen LogP contribution in [0.25, 0.3) is 0 Å². The molecular formula is C6H9NaO9STi. The Bertz CT molecular complexity index is 354. The maximum atomic E-state index is 10.8. The molecule has 0 saturated heterocycles. The summed E-state index contributed by atoms with van der Waals surface area (Å²) in [6, 6.07) is 0. The standard InChI is InChI=1S/C6H8O9S.Na.Ti.H/c7-3(8)1-6(12,5(10)11)2-4(9)15-16(13)14;;;/h12H,1-2H2,(H,7,8)(H,10,11)(H,13,14);;;/q;+1;;-1. The van der Waals surface area contributed by atoms with Crippen LogP contribution in [0.15, 0.2) is 0 Å². The Morgan fingerprint density at radius 3 is 1.94 bits per heavy atom. The van der Waals surface area contributed by atoms with Crippen molar-refractivity contribution in [1.29, 1.82) is 0 Å². The smallest absolute Gasteiger partial charge is 1.00 e. The van der Waals surface area contributed by atoms with Gasteiger partial charge in [0.15, 0.2) is 5.60 Å². The number of carboxylic acids is 2. The summed E-state index contributed by atoms with van der Waals surface area (Å²) in [6.07, 6.45) is -2.49. The van der Waals surface area contributed by atoms with E-state index in [0.29, 0.717) is 0 Å². The van der Waals surface area contributed by atoms with Crippen molar-refractivity contribution in [3.05, 3.63) is 0 Å². The minimum absolute atomic E-state index is 0. The number of carboxylic acid groups (broad SMARTS) is 2. The van der Waals surface area contributed by atoms with Crippen LogP contribution in [0.1, 0.15) is 14.3 Å². The monoisotopic (exact) mass is 328 g/mol. The third-order valence-electron chi connectivity index (χ3n) is 1.44. The third kappa shape index (κ3) is 9.17. The molecule has 0 aromatic heterocycles. The van der Waals surface area contributed by atoms with Crippen molar-refractivity contribution in [2.24, 2.45) is 0 Å². The van der Waals surface area contributed by atoms with E-state index in [4.69, 9.17) is 14.8 Å². The van der Waals surface area contributed by atoms with Crippen LogP contribution in [0.4, 0.5) is 0 Å². The van der Waals surface area contributed by atoms with Crippen molar-refractivity contribution >= 4 is 29.3 Å². The number of carbonyl (C=O) groups is 3. The Kier molecular flexibility index (Phi) is 13.0. The molecule has 0 aliphatic carbocycles. The summed E-state index contributed by atoms with van der Waals surface area (Å²) in [7, 11) is 0. The minimum Gasteiger partial charge on any atom is -1.00 e. The van der Waals surface area contributed by atoms with Crippen molar-refractivity contribution in [1.82, 2.24) is 0 Å². The maximum Gasteiger partial charge on any atom is 1.00 e. The third-order valence-corrected chi connectivity index (χ3v) is 1.77. The zero-order valence-electron chi connectivity index (χ0n) is 10.2. The molecule has 0 rings (SSSR count). The predicted octanol–water partition coefficient (Wildman–Crippen LogP) is -4.54. The Balaban J connectivity index is -0.000000375. The number of hydrogen-bond acceptors (Lipinski definition) is 6. The Morgan fingerprint density at radius 1 is 1.22 bits per heavy atom. The minimum atomic E-state index is -2.96. The van der Waals surface area contributed by atoms with Gasteiger partial charge in [0.1, 0.15) is 0 Å². The van der Waals surface area contributed by atoms with Gasteiger partial charge in [0.25, 0.3) is 0 Å². The van der Waals surface area contributed by atoms with E-state index >= 15 is 0 Å². The summed E-state index contributed by atoms with van der Waals surface area (Å²) in [4.78, 5) is 31.5. The van der Waals surface area contributed by atoms with Gasteiger partial charge in [-0.2, -0.15) is 4.21 Å². The van der Waals surface area contributed by atoms with Gasteiger partial charge in [-0.3, -0.25) is 14.1 Å². The number of hydrogen-bond donors (Lipinski definition) is 4. The average molecular weight is 328 g/mol. The van der Waals surface area contributed by atoms with Crippen LogP contribution in [0.2, 0.25) is 0 Å². The first-order valence-corrected chi connectivity index (χ1v) is 4.70. The molecule has 0 aliphatic heterocycles. The van der Waals surface area contributed by atoms with E-state index in [1.807, 2.05) is 0 Å². The van der Waals surface area contributed by atoms with Crippen LogP contribution in [0, 0.1) is 0 Å². The van der Waals surface area contributed by atoms with E-state index in [0.717, 1.165) is 0 Å². The van der Waals surface area contributed by atoms with Gasteiger partial charge in [-0.05, 0) is 0 Å². The molecule has 4 N–H and O–H groups in total. The molecule has 0 radical (unpaired) electrons. The molecule has 0 spiro atoms. The number of aliphatic hydroxyl groups is 1. The van der Waals surface area contributed by atoms with Crippen LogP contribution >= 0.6 is 0 Å². The van der Waals surface area contributed by atoms with Crippen molar-refractivity contribution in [3.8, 4) is 0 Å². The van der Waals surface area contributed by atoms with Gasteiger partial charge in [0, 0.05) is 21.7 Å². The molecule has 2 unspecified atom stereocenters. The number of rotatable bonds is 6. The molecule has 0 fully saturated rings. The van der Waals surface area contributed by atoms with Crippen LogP contribution in [-0.4, -0.2) is 47.6 Å². The van der Waals surface area contributed by atoms with Gasteiger partial charge in [-0.25, -0.2) is 4.79 Å². The molecule has 0 amide bonds. The summed E-state index contributed by atoms with van der Waals surface area (Å²) in [5, 5.41) is 26.1. The van der Waals surface area contributed by atoms with Gasteiger partial charge in [0.05, 0.1) is 12.8 Å². The molecule has 0 saturated carbocycles. The second kappa shape index (κ2) is 10.0. The maximum absolute atomic E-state index is 10.8. The fourth-order valence-corrected chi connectivity index (χ4v) is 1.03. The zero-order valence-corrected chi connectivity index (χ0v) is 13.5. The fourth-order valence-electron chi connectivity index (χ4n) is 0.812. The molecule has 0 bridgehead atoms. The van der Waals surface area contributed by atoms with Crippen molar-refractivity contribution in [2.75, 3.05) is 0 Å². The topological polar surface area (TPSA) is 158 Å². The largest absolute Gasteiger partial charge is 1.00 e. The molecule has 18 heavy (non-hydrogen) atoms. The predicted molar refractivity (Wildman–Crippen MR) is 47.4 cm³/mol. The van der Waals surface area contributed by atoms with Gasteiger partial charge >= 0.3 is 58.8 Å². The van der Waals surface area contributed by atoms with Gasteiger partial charge in [0.2, 0.25) is 0 Å². The van der Waals surface area contributed by atoms with Gasteiger partial charge in [-0.1, -0.05) is 0 Å². The molecule has 0 aromatic carbocycles. The SMILES string of the molecule is O=C(O)CC(O)(CC(=O)OS(=O)O)C(=O)O.[H-].[Na+].[Ti]. The molecule has 0 aliphatic rings. The summed E-state index contributed by atoms with van der Waals surface area (Å²) in [5.74, 6) is -5.11. The second-order valence-corrected chi connectivity index (χ2v) is 3.36. The van der Waals surface area contributed by atoms with E-state index in [1.54, 1.807) is 0 Å². The average Bonchev–Trinajstić information content (AvgIpc) is 1.98. The first-order valence-electron chi connectivity index (χ1n) is 3.67. The van der Waals surface area contributed by atoms with Crippen molar-refractivity contribution < 1.29 is 95.3 Å². The van der Waals surface area contributed by atoms with Crippen LogP contribution in [0.5, 0.6) is 0 Å². The number of aliphatic carboxylic acids is 2. The summed E-state index contributed by atoms with van der Waals surface area (Å²) in [6.45, 7) is 0. The Labute approximate surface area is 142 Å². The molecule has 0 heterocycles. The first kappa shape index (κ1) is 23.3. The Hall–Kier alpha value is 0.194. The zero-order chi connectivity index (χ0) is 12.9. The molecule has 9 nitrogen and oxygen atoms in total. The van der Waals surface area contributed by atoms with Crippen molar-refractivity contribution in [3.63, 3.8) is 0 Å². The van der Waals surface area contributed by atoms with Gasteiger partial charge in [-0.15, -0.1) is 0 Å². The van der Waals surface area contributed by atoms with Crippen LogP contribution in [0.3, 0.4) is 0 Å². The molecule has 2 atom stereocenters. The quantitative estimate of drug-likeness (QED) is 0.278. The Morgan fingerprint density at radius 2 is 1.67 bits per heavy atom. The second-order valence-electron chi connectivity index (χ2n) is 2.76. The van der Waals surface area contributed by atoms with Crippen molar-refractivity contribution in [2.45, 2.75) is 18.4 Å². The normalized spacial score (nSPS) is 14.1. The summed E-state index contributed by atoms with van der Waals surface area (Å²) in [5.41, 5.74) is -2.87.